The van der Waals surface area contributed by atoms with Gasteiger partial charge in [-0.25, -0.2) is 8.42 Å². The normalized spacial score (nSPS) is 20.3. The van der Waals surface area contributed by atoms with Crippen molar-refractivity contribution in [1.82, 2.24) is 4.90 Å². The lowest BCUT2D eigenvalue weighted by Gasteiger charge is -2.30. The second kappa shape index (κ2) is 7.24. The summed E-state index contributed by atoms with van der Waals surface area (Å²) in [6.07, 6.45) is 1.44. The van der Waals surface area contributed by atoms with Gasteiger partial charge in [0.25, 0.3) is 0 Å². The SMILES string of the molecule is CCN(C(=O)C(C)Nc1ccc2c(c1)Cc1ccccc1-2)C1CCS(=O)(=O)C1. The van der Waals surface area contributed by atoms with Crippen molar-refractivity contribution in [1.29, 1.82) is 0 Å². The lowest BCUT2D eigenvalue weighted by Crippen LogP contribution is -2.47. The summed E-state index contributed by atoms with van der Waals surface area (Å²) in [4.78, 5) is 14.7. The van der Waals surface area contributed by atoms with Crippen molar-refractivity contribution in [3.63, 3.8) is 0 Å². The average Bonchev–Trinajstić information content (AvgIpc) is 3.21. The van der Waals surface area contributed by atoms with Crippen LogP contribution >= 0.6 is 0 Å². The van der Waals surface area contributed by atoms with Gasteiger partial charge in [0.1, 0.15) is 6.04 Å². The van der Waals surface area contributed by atoms with Gasteiger partial charge in [0.2, 0.25) is 5.91 Å². The third-order valence-electron chi connectivity index (χ3n) is 5.82. The number of anilines is 1. The van der Waals surface area contributed by atoms with Gasteiger partial charge in [-0.05, 0) is 61.1 Å². The maximum absolute atomic E-state index is 13.0. The lowest BCUT2D eigenvalue weighted by molar-refractivity contribution is -0.133. The third kappa shape index (κ3) is 3.53. The average molecular weight is 399 g/mol. The van der Waals surface area contributed by atoms with E-state index in [2.05, 4.69) is 41.7 Å². The lowest BCUT2D eigenvalue weighted by atomic mass is 10.1. The molecule has 2 aromatic rings. The Balaban J connectivity index is 1.47. The van der Waals surface area contributed by atoms with Crippen molar-refractivity contribution in [3.8, 4) is 11.1 Å². The Labute approximate surface area is 166 Å². The maximum atomic E-state index is 13.0. The number of rotatable bonds is 5. The van der Waals surface area contributed by atoms with Gasteiger partial charge in [0.15, 0.2) is 9.84 Å². The molecular weight excluding hydrogens is 372 g/mol. The summed E-state index contributed by atoms with van der Waals surface area (Å²) < 4.78 is 23.6. The van der Waals surface area contributed by atoms with Crippen LogP contribution in [0.3, 0.4) is 0 Å². The maximum Gasteiger partial charge on any atom is 0.245 e. The summed E-state index contributed by atoms with van der Waals surface area (Å²) in [6.45, 7) is 4.27. The van der Waals surface area contributed by atoms with Gasteiger partial charge in [0.05, 0.1) is 11.5 Å². The van der Waals surface area contributed by atoms with Crippen molar-refractivity contribution >= 4 is 21.4 Å². The van der Waals surface area contributed by atoms with Gasteiger partial charge in [0, 0.05) is 18.3 Å². The van der Waals surface area contributed by atoms with E-state index in [1.54, 1.807) is 4.90 Å². The Bertz CT molecular complexity index is 1020. The molecular formula is C22H26N2O3S. The number of carbonyl (C=O) groups excluding carboxylic acids is 1. The van der Waals surface area contributed by atoms with Crippen molar-refractivity contribution in [2.45, 2.75) is 38.8 Å². The Morgan fingerprint density at radius 1 is 1.18 bits per heavy atom. The molecule has 28 heavy (non-hydrogen) atoms. The minimum atomic E-state index is -3.02. The Morgan fingerprint density at radius 2 is 1.93 bits per heavy atom. The van der Waals surface area contributed by atoms with Gasteiger partial charge in [-0.3, -0.25) is 4.79 Å². The second-order valence-electron chi connectivity index (χ2n) is 7.75. The topological polar surface area (TPSA) is 66.5 Å². The quantitative estimate of drug-likeness (QED) is 0.717. The van der Waals surface area contributed by atoms with Gasteiger partial charge in [-0.15, -0.1) is 0 Å². The van der Waals surface area contributed by atoms with Crippen LogP contribution in [-0.2, 0) is 21.1 Å². The second-order valence-corrected chi connectivity index (χ2v) is 9.98. The molecule has 5 nitrogen and oxygen atoms in total. The smallest absolute Gasteiger partial charge is 0.245 e. The van der Waals surface area contributed by atoms with E-state index in [1.165, 1.54) is 22.3 Å². The van der Waals surface area contributed by atoms with Crippen molar-refractivity contribution in [2.24, 2.45) is 0 Å². The van der Waals surface area contributed by atoms with E-state index in [-0.39, 0.29) is 23.5 Å². The van der Waals surface area contributed by atoms with Crippen molar-refractivity contribution in [3.05, 3.63) is 53.6 Å². The predicted molar refractivity (Wildman–Crippen MR) is 112 cm³/mol. The molecule has 1 aliphatic carbocycles. The monoisotopic (exact) mass is 398 g/mol. The number of nitrogens with zero attached hydrogens (tertiary/aromatic N) is 1. The van der Waals surface area contributed by atoms with Crippen LogP contribution in [0, 0.1) is 0 Å². The third-order valence-corrected chi connectivity index (χ3v) is 7.57. The van der Waals surface area contributed by atoms with Gasteiger partial charge in [-0.2, -0.15) is 0 Å². The first-order chi connectivity index (χ1) is 13.4. The van der Waals surface area contributed by atoms with Gasteiger partial charge in [-0.1, -0.05) is 30.3 Å². The zero-order valence-electron chi connectivity index (χ0n) is 16.3. The van der Waals surface area contributed by atoms with Crippen LogP contribution in [-0.4, -0.2) is 49.4 Å². The first-order valence-corrected chi connectivity index (χ1v) is 11.7. The molecule has 1 fully saturated rings. The van der Waals surface area contributed by atoms with E-state index >= 15 is 0 Å². The van der Waals surface area contributed by atoms with Crippen molar-refractivity contribution < 1.29 is 13.2 Å². The van der Waals surface area contributed by atoms with Gasteiger partial charge < -0.3 is 10.2 Å². The summed E-state index contributed by atoms with van der Waals surface area (Å²) in [7, 11) is -3.02. The van der Waals surface area contributed by atoms with E-state index in [9.17, 15) is 13.2 Å². The van der Waals surface area contributed by atoms with E-state index in [0.717, 1.165) is 12.1 Å². The van der Waals surface area contributed by atoms with Crippen LogP contribution in [0.1, 0.15) is 31.4 Å². The first kappa shape index (κ1) is 19.0. The molecule has 0 spiro atoms. The molecule has 4 rings (SSSR count). The number of sulfone groups is 1. The number of benzene rings is 2. The minimum absolute atomic E-state index is 0.0478. The number of hydrogen-bond donors (Lipinski definition) is 1. The highest BCUT2D eigenvalue weighted by atomic mass is 32.2. The predicted octanol–water partition coefficient (Wildman–Crippen LogP) is 3.09. The summed E-state index contributed by atoms with van der Waals surface area (Å²) in [6, 6.07) is 14.1. The molecule has 2 aromatic carbocycles. The largest absolute Gasteiger partial charge is 0.374 e. The summed E-state index contributed by atoms with van der Waals surface area (Å²) in [5.41, 5.74) is 6.06. The molecule has 0 aromatic heterocycles. The Kier molecular flexibility index (Phi) is 4.91. The van der Waals surface area contributed by atoms with Crippen LogP contribution in [0.4, 0.5) is 5.69 Å². The minimum Gasteiger partial charge on any atom is -0.374 e. The zero-order chi connectivity index (χ0) is 19.9. The molecule has 148 valence electrons. The molecule has 2 aliphatic rings. The fourth-order valence-electron chi connectivity index (χ4n) is 4.41. The molecule has 0 saturated carbocycles. The van der Waals surface area contributed by atoms with Crippen LogP contribution in [0.2, 0.25) is 0 Å². The summed E-state index contributed by atoms with van der Waals surface area (Å²) in [5.74, 6) is 0.207. The Morgan fingerprint density at radius 3 is 2.64 bits per heavy atom. The number of carbonyl (C=O) groups is 1. The highest BCUT2D eigenvalue weighted by Gasteiger charge is 2.35. The van der Waals surface area contributed by atoms with Crippen LogP contribution in [0.25, 0.3) is 11.1 Å². The molecule has 1 saturated heterocycles. The molecule has 1 amide bonds. The number of fused-ring (bicyclic) bond motifs is 3. The molecule has 0 radical (unpaired) electrons. The van der Waals surface area contributed by atoms with Gasteiger partial charge >= 0.3 is 0 Å². The first-order valence-electron chi connectivity index (χ1n) is 9.86. The molecule has 2 unspecified atom stereocenters. The summed E-state index contributed by atoms with van der Waals surface area (Å²) in [5, 5.41) is 3.32. The highest BCUT2D eigenvalue weighted by Crippen LogP contribution is 2.37. The number of nitrogens with one attached hydrogen (secondary N) is 1. The van der Waals surface area contributed by atoms with E-state index < -0.39 is 15.9 Å². The van der Waals surface area contributed by atoms with Crippen LogP contribution in [0.5, 0.6) is 0 Å². The van der Waals surface area contributed by atoms with E-state index in [1.807, 2.05) is 19.9 Å². The standard InChI is InChI=1S/C22H26N2O3S/c1-3-24(19-10-11-28(26,27)14-19)22(25)15(2)23-18-8-9-21-17(13-18)12-16-6-4-5-7-20(16)21/h4-9,13,15,19,23H,3,10-12,14H2,1-2H3. The van der Waals surface area contributed by atoms with Crippen molar-refractivity contribution in [2.75, 3.05) is 23.4 Å². The van der Waals surface area contributed by atoms with Crippen LogP contribution in [0.15, 0.2) is 42.5 Å². The van der Waals surface area contributed by atoms with E-state index in [0.29, 0.717) is 13.0 Å². The molecule has 1 N–H and O–H groups in total. The highest BCUT2D eigenvalue weighted by molar-refractivity contribution is 7.91. The van der Waals surface area contributed by atoms with E-state index in [4.69, 9.17) is 0 Å². The number of likely N-dealkylation sites (N-methyl/N-ethyl adjacent to an activating group) is 1. The molecule has 1 aliphatic heterocycles. The molecule has 6 heteroatoms. The van der Waals surface area contributed by atoms with Crippen LogP contribution < -0.4 is 5.32 Å². The number of hydrogen-bond acceptors (Lipinski definition) is 4. The summed E-state index contributed by atoms with van der Waals surface area (Å²) >= 11 is 0. The number of amides is 1. The fraction of sp³-hybridized carbons (Fsp3) is 0.409. The zero-order valence-corrected chi connectivity index (χ0v) is 17.1. The fourth-order valence-corrected chi connectivity index (χ4v) is 6.14. The molecule has 1 heterocycles. The molecule has 2 atom stereocenters. The molecule has 0 bridgehead atoms. The Hall–Kier alpha value is -2.34.